The number of hydrogen-bond donors (Lipinski definition) is 3. The Morgan fingerprint density at radius 2 is 1.72 bits per heavy atom. The van der Waals surface area contributed by atoms with E-state index in [1.165, 1.54) is 13.2 Å². The van der Waals surface area contributed by atoms with Crippen LogP contribution in [0.5, 0.6) is 0 Å². The molecule has 0 aliphatic rings. The molecular formula is C19H32O6. The van der Waals surface area contributed by atoms with Gasteiger partial charge in [0.2, 0.25) is 0 Å². The molecule has 0 aromatic heterocycles. The van der Waals surface area contributed by atoms with Crippen LogP contribution >= 0.6 is 0 Å². The van der Waals surface area contributed by atoms with E-state index in [1.807, 2.05) is 13.0 Å². The Morgan fingerprint density at radius 1 is 1.12 bits per heavy atom. The predicted molar refractivity (Wildman–Crippen MR) is 96.0 cm³/mol. The maximum absolute atomic E-state index is 11.4. The van der Waals surface area contributed by atoms with Crippen LogP contribution < -0.4 is 0 Å². The van der Waals surface area contributed by atoms with Crippen LogP contribution in [0, 0.1) is 11.8 Å². The fraction of sp³-hybridized carbons (Fsp3) is 0.684. The number of aliphatic hydroxyl groups is 2. The summed E-state index contributed by atoms with van der Waals surface area (Å²) in [6, 6.07) is 0. The van der Waals surface area contributed by atoms with E-state index in [-0.39, 0.29) is 0 Å². The molecule has 0 aliphatic carbocycles. The molecule has 0 radical (unpaired) electrons. The summed E-state index contributed by atoms with van der Waals surface area (Å²) in [5.41, 5.74) is 1.85. The molecule has 0 heterocycles. The van der Waals surface area contributed by atoms with Crippen molar-refractivity contribution >= 4 is 11.9 Å². The van der Waals surface area contributed by atoms with Crippen LogP contribution in [0.4, 0.5) is 0 Å². The van der Waals surface area contributed by atoms with Gasteiger partial charge in [0, 0.05) is 6.08 Å². The smallest absolute Gasteiger partial charge is 0.328 e. The Balaban J connectivity index is 4.19. The minimum absolute atomic E-state index is 0.419. The molecule has 0 aromatic carbocycles. The second kappa shape index (κ2) is 12.7. The van der Waals surface area contributed by atoms with E-state index in [0.717, 1.165) is 36.8 Å². The number of carbonyl (C=O) groups excluding carboxylic acids is 1. The molecule has 0 aliphatic heterocycles. The van der Waals surface area contributed by atoms with Crippen LogP contribution in [0.3, 0.4) is 0 Å². The van der Waals surface area contributed by atoms with Gasteiger partial charge in [0.15, 0.2) is 0 Å². The van der Waals surface area contributed by atoms with Crippen molar-refractivity contribution in [1.82, 2.24) is 0 Å². The van der Waals surface area contributed by atoms with Crippen molar-refractivity contribution in [3.8, 4) is 0 Å². The molecule has 6 heteroatoms. The Morgan fingerprint density at radius 3 is 2.24 bits per heavy atom. The molecule has 144 valence electrons. The summed E-state index contributed by atoms with van der Waals surface area (Å²) in [7, 11) is 1.24. The maximum atomic E-state index is 11.4. The summed E-state index contributed by atoms with van der Waals surface area (Å²) >= 11 is 0. The largest absolute Gasteiger partial charge is 0.478 e. The van der Waals surface area contributed by atoms with Crippen LogP contribution in [0.2, 0.25) is 0 Å². The highest BCUT2D eigenvalue weighted by Crippen LogP contribution is 2.20. The van der Waals surface area contributed by atoms with Crippen molar-refractivity contribution in [2.45, 2.75) is 59.0 Å². The zero-order valence-corrected chi connectivity index (χ0v) is 15.7. The molecule has 0 saturated heterocycles. The zero-order valence-electron chi connectivity index (χ0n) is 15.7. The minimum atomic E-state index is -0.943. The number of unbranched alkanes of at least 4 members (excludes halogenated alkanes) is 1. The number of rotatable bonds is 12. The van der Waals surface area contributed by atoms with Gasteiger partial charge >= 0.3 is 11.9 Å². The molecule has 6 nitrogen and oxygen atoms in total. The van der Waals surface area contributed by atoms with Crippen molar-refractivity contribution in [3.63, 3.8) is 0 Å². The van der Waals surface area contributed by atoms with E-state index in [9.17, 15) is 14.7 Å². The lowest BCUT2D eigenvalue weighted by atomic mass is 9.93. The molecule has 0 bridgehead atoms. The van der Waals surface area contributed by atoms with Gasteiger partial charge in [-0.3, -0.25) is 4.79 Å². The number of carbonyl (C=O) groups is 2. The second-order valence-corrected chi connectivity index (χ2v) is 6.69. The van der Waals surface area contributed by atoms with Gasteiger partial charge in [-0.2, -0.15) is 0 Å². The van der Waals surface area contributed by atoms with E-state index in [0.29, 0.717) is 12.3 Å². The number of methoxy groups -OCH3 is 1. The Kier molecular flexibility index (Phi) is 11.8. The van der Waals surface area contributed by atoms with Crippen LogP contribution in [-0.2, 0) is 14.3 Å². The van der Waals surface area contributed by atoms with Gasteiger partial charge in [-0.25, -0.2) is 4.79 Å². The lowest BCUT2D eigenvalue weighted by molar-refractivity contribution is -0.151. The third kappa shape index (κ3) is 10.7. The highest BCUT2D eigenvalue weighted by molar-refractivity contribution is 5.81. The van der Waals surface area contributed by atoms with Crippen molar-refractivity contribution in [2.75, 3.05) is 13.7 Å². The highest BCUT2D eigenvalue weighted by Gasteiger charge is 2.26. The first-order chi connectivity index (χ1) is 11.7. The predicted octanol–water partition coefficient (Wildman–Crippen LogP) is 2.69. The summed E-state index contributed by atoms with van der Waals surface area (Å²) in [4.78, 5) is 22.0. The number of aliphatic carboxylic acids is 1. The fourth-order valence-corrected chi connectivity index (χ4v) is 2.89. The molecular weight excluding hydrogens is 324 g/mol. The summed E-state index contributed by atoms with van der Waals surface area (Å²) in [5.74, 6) is -1.97. The number of carboxylic acids is 1. The first-order valence-corrected chi connectivity index (χ1v) is 8.66. The lowest BCUT2D eigenvalue weighted by Crippen LogP contribution is -2.32. The van der Waals surface area contributed by atoms with Gasteiger partial charge in [-0.15, -0.1) is 0 Å². The van der Waals surface area contributed by atoms with E-state index in [4.69, 9.17) is 10.2 Å². The number of hydrogen-bond acceptors (Lipinski definition) is 5. The first-order valence-electron chi connectivity index (χ1n) is 8.66. The summed E-state index contributed by atoms with van der Waals surface area (Å²) in [6.07, 6.45) is 6.16. The topological polar surface area (TPSA) is 104 Å². The van der Waals surface area contributed by atoms with Gasteiger partial charge in [0.1, 0.15) is 5.92 Å². The lowest BCUT2D eigenvalue weighted by Gasteiger charge is -2.19. The van der Waals surface area contributed by atoms with Gasteiger partial charge in [-0.1, -0.05) is 37.8 Å². The summed E-state index contributed by atoms with van der Waals surface area (Å²) < 4.78 is 4.56. The molecule has 0 amide bonds. The van der Waals surface area contributed by atoms with Crippen molar-refractivity contribution in [1.29, 1.82) is 0 Å². The average molecular weight is 356 g/mol. The zero-order chi connectivity index (χ0) is 19.4. The van der Waals surface area contributed by atoms with Crippen molar-refractivity contribution in [2.24, 2.45) is 11.8 Å². The van der Waals surface area contributed by atoms with Gasteiger partial charge in [-0.05, 0) is 38.2 Å². The van der Waals surface area contributed by atoms with Crippen LogP contribution in [0.1, 0.15) is 52.9 Å². The molecule has 0 fully saturated rings. The molecule has 0 spiro atoms. The van der Waals surface area contributed by atoms with Gasteiger partial charge < -0.3 is 20.1 Å². The van der Waals surface area contributed by atoms with Gasteiger partial charge in [0.25, 0.3) is 0 Å². The number of allylic oxidation sites excluding steroid dienone is 3. The molecule has 3 N–H and O–H groups in total. The normalized spacial score (nSPS) is 16.2. The van der Waals surface area contributed by atoms with E-state index in [2.05, 4.69) is 11.7 Å². The van der Waals surface area contributed by atoms with Gasteiger partial charge in [0.05, 0.1) is 19.8 Å². The van der Waals surface area contributed by atoms with E-state index >= 15 is 0 Å². The molecule has 0 aromatic rings. The quantitative estimate of drug-likeness (QED) is 0.215. The molecule has 0 rings (SSSR count). The number of carboxylic acid groups (broad SMARTS) is 1. The number of aliphatic hydroxyl groups excluding tert-OH is 2. The number of esters is 1. The van der Waals surface area contributed by atoms with E-state index in [1.54, 1.807) is 6.92 Å². The molecule has 3 atom stereocenters. The fourth-order valence-electron chi connectivity index (χ4n) is 2.89. The molecule has 0 saturated carbocycles. The summed E-state index contributed by atoms with van der Waals surface area (Å²) in [6.45, 7) is 5.47. The average Bonchev–Trinajstić information content (AvgIpc) is 2.50. The Labute approximate surface area is 150 Å². The standard InChI is InChI=1S/C19H32O6/c1-13(9-14(2)10-15(3)11-18(22)23)7-5-6-8-17(21)16(12-20)19(24)25-4/h10-11,13,16-17,20-21H,5-9,12H2,1-4H3,(H,22,23)/b14-10+,15-11+/t13-,16-,17+/m1/s1. The maximum Gasteiger partial charge on any atom is 0.328 e. The summed E-state index contributed by atoms with van der Waals surface area (Å²) in [5, 5.41) is 27.8. The van der Waals surface area contributed by atoms with Crippen LogP contribution in [-0.4, -0.2) is 47.1 Å². The number of ether oxygens (including phenoxy) is 1. The molecule has 0 unspecified atom stereocenters. The van der Waals surface area contributed by atoms with E-state index < -0.39 is 30.6 Å². The van der Waals surface area contributed by atoms with Crippen molar-refractivity contribution in [3.05, 3.63) is 23.3 Å². The van der Waals surface area contributed by atoms with Crippen LogP contribution in [0.15, 0.2) is 23.3 Å². The first kappa shape index (κ1) is 23.3. The third-order valence-electron chi connectivity index (χ3n) is 4.11. The van der Waals surface area contributed by atoms with Crippen molar-refractivity contribution < 1.29 is 29.6 Å². The molecule has 25 heavy (non-hydrogen) atoms. The van der Waals surface area contributed by atoms with Crippen LogP contribution in [0.25, 0.3) is 0 Å². The second-order valence-electron chi connectivity index (χ2n) is 6.69. The monoisotopic (exact) mass is 356 g/mol. The minimum Gasteiger partial charge on any atom is -0.478 e. The third-order valence-corrected chi connectivity index (χ3v) is 4.11. The Hall–Kier alpha value is -1.66. The Bertz CT molecular complexity index is 480. The SMILES string of the molecule is COC(=O)[C@H](CO)[C@@H](O)CCCC[C@@H](C)C/C(C)=C/C(C)=C/C(=O)O. The highest BCUT2D eigenvalue weighted by atomic mass is 16.5.